The average Bonchev–Trinajstić information content (AvgIpc) is 2.60. The van der Waals surface area contributed by atoms with Crippen molar-refractivity contribution in [2.24, 2.45) is 0 Å². The number of halogens is 1. The summed E-state index contributed by atoms with van der Waals surface area (Å²) < 4.78 is 5.69. The number of pyridine rings is 2. The van der Waals surface area contributed by atoms with Crippen LogP contribution in [0.1, 0.15) is 5.56 Å². The molecule has 6 heteroatoms. The Hall–Kier alpha value is -2.37. The van der Waals surface area contributed by atoms with Crippen molar-refractivity contribution in [3.63, 3.8) is 0 Å². The molecule has 5 nitrogen and oxygen atoms in total. The number of nitrogens with zero attached hydrogens (tertiary/aromatic N) is 3. The molecule has 1 N–H and O–H groups in total. The summed E-state index contributed by atoms with van der Waals surface area (Å²) in [6.45, 7) is 2.14. The number of nitrogens with one attached hydrogen (secondary N) is 1. The van der Waals surface area contributed by atoms with E-state index in [-0.39, 0.29) is 0 Å². The van der Waals surface area contributed by atoms with Crippen molar-refractivity contribution >= 4 is 28.2 Å². The van der Waals surface area contributed by atoms with E-state index in [9.17, 15) is 0 Å². The van der Waals surface area contributed by atoms with E-state index in [1.807, 2.05) is 50.5 Å². The second-order valence-electron chi connectivity index (χ2n) is 6.03. The van der Waals surface area contributed by atoms with E-state index >= 15 is 0 Å². The number of aromatic nitrogens is 2. The van der Waals surface area contributed by atoms with Gasteiger partial charge in [-0.3, -0.25) is 4.98 Å². The topological polar surface area (TPSA) is 50.3 Å². The second-order valence-corrected chi connectivity index (χ2v) is 6.46. The lowest BCUT2D eigenvalue weighted by Gasteiger charge is -2.12. The smallest absolute Gasteiger partial charge is 0.213 e. The summed E-state index contributed by atoms with van der Waals surface area (Å²) in [7, 11) is 4.03. The minimum atomic E-state index is 0.615. The Morgan fingerprint density at radius 2 is 1.92 bits per heavy atom. The van der Waals surface area contributed by atoms with Gasteiger partial charge in [-0.2, -0.15) is 0 Å². The maximum absolute atomic E-state index is 6.12. The van der Waals surface area contributed by atoms with Gasteiger partial charge in [0.15, 0.2) is 0 Å². The van der Waals surface area contributed by atoms with Crippen LogP contribution in [0.4, 0.5) is 5.69 Å². The van der Waals surface area contributed by atoms with Gasteiger partial charge in [-0.1, -0.05) is 11.6 Å². The molecule has 3 aromatic rings. The summed E-state index contributed by atoms with van der Waals surface area (Å²) in [4.78, 5) is 10.7. The molecular formula is C19H21ClN4O. The molecule has 0 aliphatic rings. The van der Waals surface area contributed by atoms with Crippen LogP contribution in [-0.4, -0.2) is 42.1 Å². The molecule has 0 unspecified atom stereocenters. The molecule has 0 aliphatic carbocycles. The van der Waals surface area contributed by atoms with Crippen LogP contribution in [0.5, 0.6) is 5.88 Å². The van der Waals surface area contributed by atoms with Crippen molar-refractivity contribution in [2.45, 2.75) is 6.54 Å². The lowest BCUT2D eigenvalue weighted by atomic mass is 10.2. The number of anilines is 1. The predicted molar refractivity (Wildman–Crippen MR) is 102 cm³/mol. The number of hydrogen-bond acceptors (Lipinski definition) is 5. The molecule has 0 fully saturated rings. The molecule has 25 heavy (non-hydrogen) atoms. The Balaban J connectivity index is 1.69. The van der Waals surface area contributed by atoms with E-state index in [1.165, 1.54) is 0 Å². The lowest BCUT2D eigenvalue weighted by molar-refractivity contribution is 0.253. The van der Waals surface area contributed by atoms with Crippen molar-refractivity contribution in [1.82, 2.24) is 14.9 Å². The van der Waals surface area contributed by atoms with Gasteiger partial charge in [-0.15, -0.1) is 0 Å². The molecular weight excluding hydrogens is 336 g/mol. The minimum absolute atomic E-state index is 0.615. The minimum Gasteiger partial charge on any atom is -0.476 e. The number of ether oxygens (including phenoxy) is 1. The molecule has 0 bridgehead atoms. The first-order chi connectivity index (χ1) is 12.1. The molecule has 0 spiro atoms. The van der Waals surface area contributed by atoms with Gasteiger partial charge in [-0.05, 0) is 50.0 Å². The third kappa shape index (κ3) is 4.81. The highest BCUT2D eigenvalue weighted by molar-refractivity contribution is 6.31. The van der Waals surface area contributed by atoms with E-state index in [4.69, 9.17) is 16.3 Å². The maximum atomic E-state index is 6.12. The molecule has 0 saturated carbocycles. The van der Waals surface area contributed by atoms with Crippen molar-refractivity contribution in [3.05, 3.63) is 59.4 Å². The van der Waals surface area contributed by atoms with Gasteiger partial charge in [-0.25, -0.2) is 4.98 Å². The molecule has 2 aromatic heterocycles. The maximum Gasteiger partial charge on any atom is 0.213 e. The first-order valence-electron chi connectivity index (χ1n) is 8.12. The molecule has 0 amide bonds. The third-order valence-corrected chi connectivity index (χ3v) is 4.01. The second kappa shape index (κ2) is 8.14. The molecule has 0 aliphatic heterocycles. The SMILES string of the molecule is CN(C)CCOc1cc(CNc2ccnc3ccc(Cl)cc23)ccn1. The van der Waals surface area contributed by atoms with E-state index in [1.54, 1.807) is 12.4 Å². The van der Waals surface area contributed by atoms with Crippen molar-refractivity contribution < 1.29 is 4.74 Å². The Labute approximate surface area is 152 Å². The molecule has 2 heterocycles. The van der Waals surface area contributed by atoms with Gasteiger partial charge >= 0.3 is 0 Å². The Morgan fingerprint density at radius 3 is 2.76 bits per heavy atom. The molecule has 130 valence electrons. The van der Waals surface area contributed by atoms with E-state index in [0.29, 0.717) is 24.1 Å². The summed E-state index contributed by atoms with van der Waals surface area (Å²) in [5.74, 6) is 0.642. The van der Waals surface area contributed by atoms with Gasteiger partial charge in [0, 0.05) is 47.6 Å². The third-order valence-electron chi connectivity index (χ3n) is 3.77. The fourth-order valence-corrected chi connectivity index (χ4v) is 2.61. The number of rotatable bonds is 7. The van der Waals surface area contributed by atoms with Gasteiger partial charge in [0.25, 0.3) is 0 Å². The lowest BCUT2D eigenvalue weighted by Crippen LogP contribution is -2.19. The average molecular weight is 357 g/mol. The standard InChI is InChI=1S/C19H21ClN4O/c1-24(2)9-10-25-19-11-14(5-7-22-19)13-23-18-6-8-21-17-4-3-15(20)12-16(17)18/h3-8,11-12H,9-10,13H2,1-2H3,(H,21,23). The Morgan fingerprint density at radius 1 is 1.08 bits per heavy atom. The zero-order chi connectivity index (χ0) is 17.6. The first-order valence-corrected chi connectivity index (χ1v) is 8.50. The predicted octanol–water partition coefficient (Wildman–Crippen LogP) is 3.84. The zero-order valence-corrected chi connectivity index (χ0v) is 15.1. The molecule has 0 atom stereocenters. The van der Waals surface area contributed by atoms with Crippen molar-refractivity contribution in [2.75, 3.05) is 32.6 Å². The van der Waals surface area contributed by atoms with Crippen molar-refractivity contribution in [1.29, 1.82) is 0 Å². The first kappa shape index (κ1) is 17.5. The van der Waals surface area contributed by atoms with Crippen LogP contribution >= 0.6 is 11.6 Å². The zero-order valence-electron chi connectivity index (χ0n) is 14.4. The van der Waals surface area contributed by atoms with Crippen LogP contribution in [0.3, 0.4) is 0 Å². The van der Waals surface area contributed by atoms with Crippen LogP contribution < -0.4 is 10.1 Å². The van der Waals surface area contributed by atoms with Crippen LogP contribution in [0.15, 0.2) is 48.8 Å². The quantitative estimate of drug-likeness (QED) is 0.697. The van der Waals surface area contributed by atoms with Gasteiger partial charge in [0.2, 0.25) is 5.88 Å². The van der Waals surface area contributed by atoms with Gasteiger partial charge < -0.3 is 15.0 Å². The van der Waals surface area contributed by atoms with E-state index < -0.39 is 0 Å². The summed E-state index contributed by atoms with van der Waals surface area (Å²) in [6.07, 6.45) is 3.56. The number of likely N-dealkylation sites (N-methyl/N-ethyl adjacent to an activating group) is 1. The summed E-state index contributed by atoms with van der Waals surface area (Å²) >= 11 is 6.12. The fourth-order valence-electron chi connectivity index (χ4n) is 2.44. The number of hydrogen-bond donors (Lipinski definition) is 1. The van der Waals surface area contributed by atoms with E-state index in [2.05, 4.69) is 20.2 Å². The molecule has 0 saturated heterocycles. The molecule has 1 aromatic carbocycles. The summed E-state index contributed by atoms with van der Waals surface area (Å²) in [5, 5.41) is 5.15. The summed E-state index contributed by atoms with van der Waals surface area (Å²) in [5.41, 5.74) is 3.01. The van der Waals surface area contributed by atoms with Crippen LogP contribution in [0.25, 0.3) is 10.9 Å². The summed E-state index contributed by atoms with van der Waals surface area (Å²) in [6, 6.07) is 11.6. The Bertz CT molecular complexity index is 854. The van der Waals surface area contributed by atoms with Gasteiger partial charge in [0.1, 0.15) is 6.61 Å². The van der Waals surface area contributed by atoms with Crippen LogP contribution in [0.2, 0.25) is 5.02 Å². The highest BCUT2D eigenvalue weighted by Crippen LogP contribution is 2.25. The monoisotopic (exact) mass is 356 g/mol. The highest BCUT2D eigenvalue weighted by atomic mass is 35.5. The molecule has 0 radical (unpaired) electrons. The fraction of sp³-hybridized carbons (Fsp3) is 0.263. The highest BCUT2D eigenvalue weighted by Gasteiger charge is 2.04. The van der Waals surface area contributed by atoms with Crippen molar-refractivity contribution in [3.8, 4) is 5.88 Å². The number of benzene rings is 1. The largest absolute Gasteiger partial charge is 0.476 e. The number of fused-ring (bicyclic) bond motifs is 1. The normalized spacial score (nSPS) is 11.0. The van der Waals surface area contributed by atoms with Crippen LogP contribution in [0, 0.1) is 0 Å². The Kier molecular flexibility index (Phi) is 5.68. The molecule has 3 rings (SSSR count). The van der Waals surface area contributed by atoms with E-state index in [0.717, 1.165) is 28.7 Å². The van der Waals surface area contributed by atoms with Gasteiger partial charge in [0.05, 0.1) is 5.52 Å². The van der Waals surface area contributed by atoms with Crippen LogP contribution in [-0.2, 0) is 6.54 Å².